The van der Waals surface area contributed by atoms with E-state index in [9.17, 15) is 19.8 Å². The van der Waals surface area contributed by atoms with E-state index >= 15 is 0 Å². The second kappa shape index (κ2) is 12.7. The first-order valence-corrected chi connectivity index (χ1v) is 14.3. The second-order valence-electron chi connectivity index (χ2n) is 11.3. The van der Waals surface area contributed by atoms with Crippen LogP contribution in [0.4, 0.5) is 0 Å². The highest BCUT2D eigenvalue weighted by atomic mass is 16.8. The standard InChI is InChI=1S/2C13H19N3O6/c2*1-4-19-11(18)7-5-14-15-16(7)6-8-9(17)10-12(20-8)22-13(2,3)21-10/h2*5,8-10,12,17H,4,6H2,1-3H3/t2*8-,9+,10-,12-/m11/s1. The maximum atomic E-state index is 11.8. The molecule has 18 heteroatoms. The number of rotatable bonds is 8. The Morgan fingerprint density at radius 3 is 1.48 bits per heavy atom. The summed E-state index contributed by atoms with van der Waals surface area (Å²) in [6.45, 7) is 11.3. The van der Waals surface area contributed by atoms with E-state index < -0.39 is 72.7 Å². The number of hydrogen-bond acceptors (Lipinski definition) is 16. The van der Waals surface area contributed by atoms with E-state index in [1.807, 2.05) is 0 Å². The second-order valence-corrected chi connectivity index (χ2v) is 11.3. The SMILES string of the molecule is CCOC(=O)c1cnnn1C[C@H]1O[C@@H]2OC(C)(C)O[C@@H]2[C@H]1O.CCOC(=O)c1cnnn1C[C@H]1O[C@@H]2OC(C)(C)O[C@@H]2[C@H]1O. The smallest absolute Gasteiger partial charge is 0.358 e. The molecule has 2 aromatic rings. The monoisotopic (exact) mass is 626 g/mol. The summed E-state index contributed by atoms with van der Waals surface area (Å²) in [6, 6.07) is 0. The Hall–Kier alpha value is -3.10. The van der Waals surface area contributed by atoms with Gasteiger partial charge in [0, 0.05) is 0 Å². The summed E-state index contributed by atoms with van der Waals surface area (Å²) in [4.78, 5) is 23.6. The average Bonchev–Trinajstić information content (AvgIpc) is 3.78. The molecular weight excluding hydrogens is 588 g/mol. The van der Waals surface area contributed by atoms with E-state index in [1.54, 1.807) is 41.5 Å². The van der Waals surface area contributed by atoms with Gasteiger partial charge in [0.1, 0.15) is 36.6 Å². The van der Waals surface area contributed by atoms with Crippen LogP contribution in [0.3, 0.4) is 0 Å². The van der Waals surface area contributed by atoms with Crippen LogP contribution in [-0.2, 0) is 51.0 Å². The first kappa shape index (κ1) is 32.3. The molecule has 2 N–H and O–H groups in total. The van der Waals surface area contributed by atoms with Crippen LogP contribution in [0.2, 0.25) is 0 Å². The summed E-state index contributed by atoms with van der Waals surface area (Å²) in [5, 5.41) is 35.7. The molecule has 0 unspecified atom stereocenters. The van der Waals surface area contributed by atoms with Gasteiger partial charge in [-0.3, -0.25) is 0 Å². The van der Waals surface area contributed by atoms with Crippen molar-refractivity contribution >= 4 is 11.9 Å². The summed E-state index contributed by atoms with van der Waals surface area (Å²) in [7, 11) is 0. The fourth-order valence-electron chi connectivity index (χ4n) is 5.27. The van der Waals surface area contributed by atoms with Gasteiger partial charge in [0.2, 0.25) is 0 Å². The van der Waals surface area contributed by atoms with Crippen molar-refractivity contribution in [3.05, 3.63) is 23.8 Å². The molecule has 6 heterocycles. The normalized spacial score (nSPS) is 32.9. The predicted octanol–water partition coefficient (Wildman–Crippen LogP) is -0.616. The number of hydrogen-bond donors (Lipinski definition) is 2. The number of ether oxygens (including phenoxy) is 8. The number of nitrogens with zero attached hydrogens (tertiary/aromatic N) is 6. The molecular formula is C26H38N6O12. The number of aliphatic hydroxyl groups excluding tert-OH is 2. The van der Waals surface area contributed by atoms with Gasteiger partial charge in [-0.1, -0.05) is 10.4 Å². The highest BCUT2D eigenvalue weighted by molar-refractivity contribution is 5.87. The van der Waals surface area contributed by atoms with E-state index in [1.165, 1.54) is 21.8 Å². The van der Waals surface area contributed by atoms with E-state index in [0.29, 0.717) is 0 Å². The van der Waals surface area contributed by atoms with Crippen LogP contribution in [0.15, 0.2) is 12.4 Å². The molecule has 0 amide bonds. The molecule has 0 spiro atoms. The Morgan fingerprint density at radius 1 is 0.750 bits per heavy atom. The Morgan fingerprint density at radius 2 is 1.14 bits per heavy atom. The molecule has 18 nitrogen and oxygen atoms in total. The van der Waals surface area contributed by atoms with Crippen LogP contribution in [0, 0.1) is 0 Å². The van der Waals surface area contributed by atoms with E-state index in [0.717, 1.165) is 0 Å². The third-order valence-corrected chi connectivity index (χ3v) is 7.14. The summed E-state index contributed by atoms with van der Waals surface area (Å²) >= 11 is 0. The molecule has 2 aromatic heterocycles. The van der Waals surface area contributed by atoms with Crippen molar-refractivity contribution in [3.8, 4) is 0 Å². The highest BCUT2D eigenvalue weighted by Gasteiger charge is 2.55. The first-order chi connectivity index (χ1) is 20.8. The van der Waals surface area contributed by atoms with Gasteiger partial charge in [0.25, 0.3) is 0 Å². The van der Waals surface area contributed by atoms with Crippen molar-refractivity contribution in [1.82, 2.24) is 30.0 Å². The molecule has 8 atom stereocenters. The van der Waals surface area contributed by atoms with Crippen LogP contribution < -0.4 is 0 Å². The molecule has 0 aliphatic carbocycles. The lowest BCUT2D eigenvalue weighted by Gasteiger charge is -2.23. The van der Waals surface area contributed by atoms with Gasteiger partial charge in [-0.05, 0) is 41.5 Å². The zero-order valence-corrected chi connectivity index (χ0v) is 25.3. The quantitative estimate of drug-likeness (QED) is 0.350. The van der Waals surface area contributed by atoms with Crippen LogP contribution in [-0.4, -0.2) is 126 Å². The van der Waals surface area contributed by atoms with Crippen LogP contribution >= 0.6 is 0 Å². The molecule has 4 aliphatic rings. The third-order valence-electron chi connectivity index (χ3n) is 7.14. The Bertz CT molecular complexity index is 1220. The van der Waals surface area contributed by atoms with Gasteiger partial charge in [0.05, 0.1) is 38.7 Å². The van der Waals surface area contributed by atoms with Crippen LogP contribution in [0.25, 0.3) is 0 Å². The zero-order chi connectivity index (χ0) is 31.8. The molecule has 244 valence electrons. The topological polar surface area (TPSA) is 210 Å². The van der Waals surface area contributed by atoms with Gasteiger partial charge in [-0.15, -0.1) is 10.2 Å². The van der Waals surface area contributed by atoms with Crippen molar-refractivity contribution in [3.63, 3.8) is 0 Å². The Labute approximate surface area is 252 Å². The van der Waals surface area contributed by atoms with Crippen LogP contribution in [0.5, 0.6) is 0 Å². The first-order valence-electron chi connectivity index (χ1n) is 14.3. The minimum Gasteiger partial charge on any atom is -0.461 e. The number of esters is 2. The molecule has 6 rings (SSSR count). The van der Waals surface area contributed by atoms with E-state index in [-0.39, 0.29) is 37.7 Å². The summed E-state index contributed by atoms with van der Waals surface area (Å²) in [6.07, 6.45) is -2.75. The largest absolute Gasteiger partial charge is 0.461 e. The summed E-state index contributed by atoms with van der Waals surface area (Å²) in [5.74, 6) is -2.61. The fourth-order valence-corrected chi connectivity index (χ4v) is 5.27. The van der Waals surface area contributed by atoms with Crippen molar-refractivity contribution < 1.29 is 57.7 Å². The van der Waals surface area contributed by atoms with Gasteiger partial charge in [-0.25, -0.2) is 19.0 Å². The van der Waals surface area contributed by atoms with E-state index in [2.05, 4.69) is 20.6 Å². The van der Waals surface area contributed by atoms with E-state index in [4.69, 9.17) is 37.9 Å². The van der Waals surface area contributed by atoms with Gasteiger partial charge < -0.3 is 48.1 Å². The highest BCUT2D eigenvalue weighted by Crippen LogP contribution is 2.39. The van der Waals surface area contributed by atoms with Gasteiger partial charge >= 0.3 is 11.9 Å². The van der Waals surface area contributed by atoms with Crippen molar-refractivity contribution in [2.24, 2.45) is 0 Å². The molecule has 44 heavy (non-hydrogen) atoms. The minimum absolute atomic E-state index is 0.148. The van der Waals surface area contributed by atoms with Gasteiger partial charge in [0.15, 0.2) is 35.5 Å². The molecule has 4 fully saturated rings. The number of carbonyl (C=O) groups excluding carboxylic acids is 2. The molecule has 0 radical (unpaired) electrons. The van der Waals surface area contributed by atoms with Crippen molar-refractivity contribution in [2.75, 3.05) is 13.2 Å². The molecule has 4 aliphatic heterocycles. The maximum Gasteiger partial charge on any atom is 0.358 e. The Balaban J connectivity index is 0.000000175. The molecule has 4 saturated heterocycles. The average molecular weight is 627 g/mol. The number of fused-ring (bicyclic) bond motifs is 2. The lowest BCUT2D eigenvalue weighted by molar-refractivity contribution is -0.216. The molecule has 0 saturated carbocycles. The van der Waals surface area contributed by atoms with Gasteiger partial charge in [-0.2, -0.15) is 0 Å². The zero-order valence-electron chi connectivity index (χ0n) is 25.3. The third kappa shape index (κ3) is 6.76. The predicted molar refractivity (Wildman–Crippen MR) is 141 cm³/mol. The van der Waals surface area contributed by atoms with Crippen molar-refractivity contribution in [2.45, 2.75) is 115 Å². The fraction of sp³-hybridized carbons (Fsp3) is 0.769. The molecule has 0 bridgehead atoms. The number of aromatic nitrogens is 6. The summed E-state index contributed by atoms with van der Waals surface area (Å²) in [5.41, 5.74) is 0.411. The minimum atomic E-state index is -0.883. The summed E-state index contributed by atoms with van der Waals surface area (Å²) < 4.78 is 46.2. The van der Waals surface area contributed by atoms with Crippen molar-refractivity contribution in [1.29, 1.82) is 0 Å². The lowest BCUT2D eigenvalue weighted by atomic mass is 10.1. The molecule has 0 aromatic carbocycles. The van der Waals surface area contributed by atoms with Crippen LogP contribution in [0.1, 0.15) is 62.5 Å². The number of carbonyl (C=O) groups is 2. The number of aliphatic hydroxyl groups is 2. The Kier molecular flexibility index (Phi) is 9.34. The lowest BCUT2D eigenvalue weighted by Crippen LogP contribution is -2.37. The maximum absolute atomic E-state index is 11.8.